The standard InChI is InChI=1S/C23H26N4O4S2/c1-5-26(6-2)33(28,29)20-11-12-22-21(14-20)24-23(32-15-17-13-16(3)31-25-17)27(22)18-7-9-19(30-4)10-8-18/h7-14H,5-6,15H2,1-4H3. The lowest BCUT2D eigenvalue weighted by molar-refractivity contribution is 0.393. The topological polar surface area (TPSA) is 90.5 Å². The van der Waals surface area contributed by atoms with Gasteiger partial charge in [0.2, 0.25) is 10.0 Å². The minimum Gasteiger partial charge on any atom is -0.497 e. The van der Waals surface area contributed by atoms with Crippen LogP contribution in [-0.2, 0) is 15.8 Å². The van der Waals surface area contributed by atoms with E-state index < -0.39 is 10.0 Å². The summed E-state index contributed by atoms with van der Waals surface area (Å²) in [4.78, 5) is 5.03. The molecule has 0 N–H and O–H groups in total. The Morgan fingerprint density at radius 3 is 2.42 bits per heavy atom. The number of benzene rings is 2. The van der Waals surface area contributed by atoms with Crippen molar-refractivity contribution in [1.29, 1.82) is 0 Å². The first-order valence-corrected chi connectivity index (χ1v) is 13.0. The van der Waals surface area contributed by atoms with Crippen molar-refractivity contribution in [2.24, 2.45) is 0 Å². The van der Waals surface area contributed by atoms with E-state index in [0.29, 0.717) is 24.4 Å². The molecule has 0 atom stereocenters. The molecule has 174 valence electrons. The van der Waals surface area contributed by atoms with Crippen LogP contribution in [0.2, 0.25) is 0 Å². The molecular formula is C23H26N4O4S2. The molecular weight excluding hydrogens is 460 g/mol. The van der Waals surface area contributed by atoms with E-state index in [1.54, 1.807) is 19.2 Å². The molecule has 2 aromatic heterocycles. The van der Waals surface area contributed by atoms with Gasteiger partial charge in [0.1, 0.15) is 11.5 Å². The second-order valence-corrected chi connectivity index (χ2v) is 10.3. The quantitative estimate of drug-likeness (QED) is 0.318. The zero-order valence-corrected chi connectivity index (χ0v) is 20.6. The first kappa shape index (κ1) is 23.3. The van der Waals surface area contributed by atoms with Crippen LogP contribution in [0, 0.1) is 6.92 Å². The predicted molar refractivity (Wildman–Crippen MR) is 129 cm³/mol. The van der Waals surface area contributed by atoms with Crippen molar-refractivity contribution in [2.45, 2.75) is 36.6 Å². The van der Waals surface area contributed by atoms with E-state index in [2.05, 4.69) is 5.16 Å². The largest absolute Gasteiger partial charge is 0.497 e. The van der Waals surface area contributed by atoms with Crippen molar-refractivity contribution in [1.82, 2.24) is 19.0 Å². The monoisotopic (exact) mass is 486 g/mol. The van der Waals surface area contributed by atoms with Gasteiger partial charge < -0.3 is 9.26 Å². The Balaban J connectivity index is 1.80. The number of rotatable bonds is 9. The van der Waals surface area contributed by atoms with Crippen LogP contribution in [0.1, 0.15) is 25.3 Å². The summed E-state index contributed by atoms with van der Waals surface area (Å²) in [5.74, 6) is 2.07. The van der Waals surface area contributed by atoms with Crippen LogP contribution in [0.4, 0.5) is 0 Å². The van der Waals surface area contributed by atoms with Crippen LogP contribution in [-0.4, -0.2) is 47.6 Å². The number of thioether (sulfide) groups is 1. The number of aromatic nitrogens is 3. The Bertz CT molecular complexity index is 1360. The van der Waals surface area contributed by atoms with Gasteiger partial charge in [-0.2, -0.15) is 4.31 Å². The number of hydrogen-bond donors (Lipinski definition) is 0. The fraction of sp³-hybridized carbons (Fsp3) is 0.304. The molecule has 0 aliphatic heterocycles. The Kier molecular flexibility index (Phi) is 6.78. The molecule has 0 aliphatic rings. The summed E-state index contributed by atoms with van der Waals surface area (Å²) in [6, 6.07) is 14.7. The molecule has 0 unspecified atom stereocenters. The van der Waals surface area contributed by atoms with Gasteiger partial charge in [-0.15, -0.1) is 0 Å². The van der Waals surface area contributed by atoms with Crippen molar-refractivity contribution in [3.63, 3.8) is 0 Å². The molecule has 4 aromatic rings. The Hall–Kier alpha value is -2.82. The fourth-order valence-electron chi connectivity index (χ4n) is 3.61. The maximum atomic E-state index is 13.0. The molecule has 0 saturated heterocycles. The van der Waals surface area contributed by atoms with E-state index >= 15 is 0 Å². The number of methoxy groups -OCH3 is 1. The molecule has 0 spiro atoms. The van der Waals surface area contributed by atoms with E-state index in [0.717, 1.165) is 33.6 Å². The molecule has 33 heavy (non-hydrogen) atoms. The molecule has 0 fully saturated rings. The molecule has 0 bridgehead atoms. The highest BCUT2D eigenvalue weighted by Gasteiger charge is 2.23. The lowest BCUT2D eigenvalue weighted by Gasteiger charge is -2.18. The van der Waals surface area contributed by atoms with Gasteiger partial charge >= 0.3 is 0 Å². The van der Waals surface area contributed by atoms with Gasteiger partial charge in [0.25, 0.3) is 0 Å². The third-order valence-electron chi connectivity index (χ3n) is 5.29. The predicted octanol–water partition coefficient (Wildman–Crippen LogP) is 4.65. The number of aryl methyl sites for hydroxylation is 1. The highest BCUT2D eigenvalue weighted by Crippen LogP contribution is 2.32. The van der Waals surface area contributed by atoms with Crippen molar-refractivity contribution in [3.8, 4) is 11.4 Å². The second kappa shape index (κ2) is 9.58. The van der Waals surface area contributed by atoms with E-state index in [1.807, 2.05) is 61.7 Å². The van der Waals surface area contributed by atoms with Gasteiger partial charge in [0.15, 0.2) is 5.16 Å². The summed E-state index contributed by atoms with van der Waals surface area (Å²) in [5, 5.41) is 4.79. The lowest BCUT2D eigenvalue weighted by Crippen LogP contribution is -2.30. The zero-order valence-electron chi connectivity index (χ0n) is 19.0. The third-order valence-corrected chi connectivity index (χ3v) is 8.31. The molecule has 2 aromatic carbocycles. The van der Waals surface area contributed by atoms with Gasteiger partial charge in [-0.25, -0.2) is 13.4 Å². The van der Waals surface area contributed by atoms with E-state index in [-0.39, 0.29) is 4.90 Å². The van der Waals surface area contributed by atoms with Crippen LogP contribution < -0.4 is 4.74 Å². The summed E-state index contributed by atoms with van der Waals surface area (Å²) in [6.07, 6.45) is 0. The maximum Gasteiger partial charge on any atom is 0.243 e. The highest BCUT2D eigenvalue weighted by atomic mass is 32.2. The first-order valence-electron chi connectivity index (χ1n) is 10.6. The van der Waals surface area contributed by atoms with Crippen molar-refractivity contribution in [2.75, 3.05) is 20.2 Å². The molecule has 0 amide bonds. The maximum absolute atomic E-state index is 13.0. The number of imidazole rings is 1. The minimum atomic E-state index is -3.58. The Morgan fingerprint density at radius 1 is 1.09 bits per heavy atom. The number of sulfonamides is 1. The summed E-state index contributed by atoms with van der Waals surface area (Å²) < 4.78 is 40.0. The second-order valence-electron chi connectivity index (χ2n) is 7.39. The number of hydrogen-bond acceptors (Lipinski definition) is 7. The molecule has 8 nitrogen and oxygen atoms in total. The van der Waals surface area contributed by atoms with Gasteiger partial charge in [0, 0.05) is 30.6 Å². The number of ether oxygens (including phenoxy) is 1. The van der Waals surface area contributed by atoms with Gasteiger partial charge in [0.05, 0.1) is 28.7 Å². The summed E-state index contributed by atoms with van der Waals surface area (Å²) in [5.41, 5.74) is 3.14. The van der Waals surface area contributed by atoms with E-state index in [9.17, 15) is 8.42 Å². The molecule has 0 saturated carbocycles. The van der Waals surface area contributed by atoms with Crippen LogP contribution in [0.3, 0.4) is 0 Å². The zero-order chi connectivity index (χ0) is 23.6. The Morgan fingerprint density at radius 2 is 1.82 bits per heavy atom. The van der Waals surface area contributed by atoms with E-state index in [4.69, 9.17) is 14.2 Å². The van der Waals surface area contributed by atoms with Crippen LogP contribution in [0.5, 0.6) is 5.75 Å². The average molecular weight is 487 g/mol. The normalized spacial score (nSPS) is 12.0. The van der Waals surface area contributed by atoms with Gasteiger partial charge in [-0.3, -0.25) is 4.57 Å². The third kappa shape index (κ3) is 4.64. The lowest BCUT2D eigenvalue weighted by atomic mass is 10.2. The molecule has 10 heteroatoms. The average Bonchev–Trinajstić information content (AvgIpc) is 3.40. The van der Waals surface area contributed by atoms with Crippen molar-refractivity contribution >= 4 is 32.8 Å². The SMILES string of the molecule is CCN(CC)S(=O)(=O)c1ccc2c(c1)nc(SCc1cc(C)on1)n2-c1ccc(OC)cc1. The highest BCUT2D eigenvalue weighted by molar-refractivity contribution is 7.98. The van der Waals surface area contributed by atoms with Crippen molar-refractivity contribution < 1.29 is 17.7 Å². The molecule has 0 radical (unpaired) electrons. The molecule has 4 rings (SSSR count). The summed E-state index contributed by atoms with van der Waals surface area (Å²) in [7, 11) is -1.96. The molecule has 0 aliphatic carbocycles. The Labute approximate surface area is 197 Å². The van der Waals surface area contributed by atoms with E-state index in [1.165, 1.54) is 16.1 Å². The van der Waals surface area contributed by atoms with Crippen molar-refractivity contribution in [3.05, 3.63) is 60.0 Å². The van der Waals surface area contributed by atoms with Crippen LogP contribution in [0.15, 0.2) is 63.1 Å². The summed E-state index contributed by atoms with van der Waals surface area (Å²) >= 11 is 1.51. The fourth-order valence-corrected chi connectivity index (χ4v) is 6.00. The van der Waals surface area contributed by atoms with Crippen LogP contribution in [0.25, 0.3) is 16.7 Å². The summed E-state index contributed by atoms with van der Waals surface area (Å²) in [6.45, 7) is 6.34. The number of fused-ring (bicyclic) bond motifs is 1. The first-order chi connectivity index (χ1) is 15.9. The van der Waals surface area contributed by atoms with Gasteiger partial charge in [-0.05, 0) is 49.4 Å². The number of nitrogens with zero attached hydrogens (tertiary/aromatic N) is 4. The smallest absolute Gasteiger partial charge is 0.243 e. The van der Waals surface area contributed by atoms with Crippen LogP contribution >= 0.6 is 11.8 Å². The van der Waals surface area contributed by atoms with Gasteiger partial charge in [-0.1, -0.05) is 30.8 Å². The minimum absolute atomic E-state index is 0.238. The molecule has 2 heterocycles.